The van der Waals surface area contributed by atoms with E-state index < -0.39 is 0 Å². The molecule has 4 nitrogen and oxygen atoms in total. The summed E-state index contributed by atoms with van der Waals surface area (Å²) in [5, 5.41) is 14.9. The lowest BCUT2D eigenvalue weighted by molar-refractivity contribution is 0.0949. The van der Waals surface area contributed by atoms with Crippen molar-refractivity contribution >= 4 is 51.0 Å². The molecular weight excluding hydrogens is 415 g/mol. The third-order valence-electron chi connectivity index (χ3n) is 3.51. The normalized spacial score (nSPS) is 11.1. The minimum Gasteiger partial charge on any atom is -0.392 e. The first-order valence-electron chi connectivity index (χ1n) is 6.60. The van der Waals surface area contributed by atoms with Crippen LogP contribution < -0.4 is 0 Å². The molecule has 0 unspecified atom stereocenters. The van der Waals surface area contributed by atoms with E-state index in [1.54, 1.807) is 12.1 Å². The predicted molar refractivity (Wildman–Crippen MR) is 94.3 cm³/mol. The van der Waals surface area contributed by atoms with Gasteiger partial charge in [0.05, 0.1) is 22.7 Å². The molecule has 22 heavy (non-hydrogen) atoms. The maximum absolute atomic E-state index is 12.9. The summed E-state index contributed by atoms with van der Waals surface area (Å²) in [6.45, 7) is 1.76. The van der Waals surface area contributed by atoms with Crippen LogP contribution in [0.2, 0.25) is 5.02 Å². The number of nitrogens with zero attached hydrogens (tertiary/aromatic N) is 2. The van der Waals surface area contributed by atoms with Gasteiger partial charge >= 0.3 is 0 Å². The summed E-state index contributed by atoms with van der Waals surface area (Å²) in [4.78, 5) is 12.9. The summed E-state index contributed by atoms with van der Waals surface area (Å²) in [5.41, 5.74) is 2.64. The van der Waals surface area contributed by atoms with Crippen LogP contribution in [0.25, 0.3) is 10.9 Å². The monoisotopic (exact) mass is 426 g/mol. The van der Waals surface area contributed by atoms with Crippen molar-refractivity contribution in [2.45, 2.75) is 13.5 Å². The van der Waals surface area contributed by atoms with Crippen LogP contribution in [0.3, 0.4) is 0 Å². The summed E-state index contributed by atoms with van der Waals surface area (Å²) in [6.07, 6.45) is 0. The van der Waals surface area contributed by atoms with Crippen molar-refractivity contribution in [3.8, 4) is 0 Å². The van der Waals surface area contributed by atoms with E-state index >= 15 is 0 Å². The van der Waals surface area contributed by atoms with Crippen LogP contribution in [-0.2, 0) is 6.61 Å². The summed E-state index contributed by atoms with van der Waals surface area (Å²) in [6, 6.07) is 10.8. The molecule has 0 bridgehead atoms. The van der Waals surface area contributed by atoms with E-state index in [4.69, 9.17) is 11.6 Å². The quantitative estimate of drug-likeness (QED) is 0.635. The first kappa shape index (κ1) is 15.5. The molecule has 3 aromatic rings. The highest BCUT2D eigenvalue weighted by Gasteiger charge is 2.20. The Kier molecular flexibility index (Phi) is 4.20. The van der Waals surface area contributed by atoms with Crippen LogP contribution in [0.4, 0.5) is 0 Å². The molecule has 0 aliphatic carbocycles. The molecule has 1 N–H and O–H groups in total. The molecule has 0 amide bonds. The Morgan fingerprint density at radius 3 is 2.82 bits per heavy atom. The van der Waals surface area contributed by atoms with Crippen LogP contribution in [0.5, 0.6) is 0 Å². The molecule has 1 aromatic heterocycles. The van der Waals surface area contributed by atoms with Crippen molar-refractivity contribution in [2.75, 3.05) is 0 Å². The fourth-order valence-corrected chi connectivity index (χ4v) is 3.36. The van der Waals surface area contributed by atoms with Gasteiger partial charge in [0.15, 0.2) is 0 Å². The van der Waals surface area contributed by atoms with Gasteiger partial charge in [-0.25, -0.2) is 0 Å². The molecule has 0 radical (unpaired) electrons. The Hall–Kier alpha value is -1.44. The van der Waals surface area contributed by atoms with E-state index in [-0.39, 0.29) is 12.5 Å². The van der Waals surface area contributed by atoms with E-state index in [0.717, 1.165) is 20.2 Å². The van der Waals surface area contributed by atoms with Gasteiger partial charge in [0.1, 0.15) is 3.70 Å². The molecule has 3 rings (SSSR count). The number of aromatic nitrogens is 2. The molecule has 2 aromatic carbocycles. The van der Waals surface area contributed by atoms with Crippen LogP contribution in [-0.4, -0.2) is 20.8 Å². The Morgan fingerprint density at radius 2 is 2.14 bits per heavy atom. The minimum absolute atomic E-state index is 0.0863. The van der Waals surface area contributed by atoms with Crippen LogP contribution >= 0.6 is 34.2 Å². The van der Waals surface area contributed by atoms with E-state index in [1.165, 1.54) is 4.68 Å². The number of hydrogen-bond acceptors (Lipinski definition) is 3. The average molecular weight is 427 g/mol. The molecule has 1 heterocycles. The number of carbonyl (C=O) groups is 1. The lowest BCUT2D eigenvalue weighted by Gasteiger charge is -2.08. The van der Waals surface area contributed by atoms with Crippen LogP contribution in [0, 0.1) is 10.6 Å². The minimum atomic E-state index is -0.272. The van der Waals surface area contributed by atoms with Gasteiger partial charge in [-0.15, -0.1) is 0 Å². The lowest BCUT2D eigenvalue weighted by Crippen LogP contribution is -2.15. The maximum Gasteiger partial charge on any atom is 0.280 e. The number of aliphatic hydroxyl groups is 1. The predicted octanol–water partition coefficient (Wildman–Crippen LogP) is 3.78. The highest BCUT2D eigenvalue weighted by molar-refractivity contribution is 14.1. The number of rotatable bonds is 2. The summed E-state index contributed by atoms with van der Waals surface area (Å²) < 4.78 is 2.08. The van der Waals surface area contributed by atoms with Crippen molar-refractivity contribution in [3.05, 3.63) is 61.8 Å². The molecule has 6 heteroatoms. The fraction of sp³-hybridized carbons (Fsp3) is 0.125. The smallest absolute Gasteiger partial charge is 0.280 e. The topological polar surface area (TPSA) is 55.1 Å². The molecule has 0 aliphatic heterocycles. The SMILES string of the molecule is Cc1cccc(Cl)c1C(=O)n1nc(I)c2ccc(CO)cc21. The summed E-state index contributed by atoms with van der Waals surface area (Å²) in [7, 11) is 0. The molecular formula is C16H12ClIN2O2. The second-order valence-corrected chi connectivity index (χ2v) is 6.38. The summed E-state index contributed by atoms with van der Waals surface area (Å²) in [5.74, 6) is -0.272. The molecule has 0 atom stereocenters. The molecule has 0 aliphatic rings. The Balaban J connectivity index is 2.23. The number of hydrogen-bond donors (Lipinski definition) is 1. The van der Waals surface area contributed by atoms with Crippen molar-refractivity contribution < 1.29 is 9.90 Å². The maximum atomic E-state index is 12.9. The van der Waals surface area contributed by atoms with E-state index in [9.17, 15) is 9.90 Å². The van der Waals surface area contributed by atoms with Gasteiger partial charge in [0.2, 0.25) is 0 Å². The third kappa shape index (κ3) is 2.53. The zero-order valence-corrected chi connectivity index (χ0v) is 14.6. The number of aryl methyl sites for hydroxylation is 1. The molecule has 0 fully saturated rings. The second-order valence-electron chi connectivity index (χ2n) is 4.95. The second kappa shape index (κ2) is 5.98. The van der Waals surface area contributed by atoms with Gasteiger partial charge in [0, 0.05) is 5.39 Å². The standard InChI is InChI=1S/C16H12ClIN2O2/c1-9-3-2-4-12(17)14(9)16(22)20-13-7-10(8-21)5-6-11(13)15(18)19-20/h2-7,21H,8H2,1H3. The van der Waals surface area contributed by atoms with Crippen LogP contribution in [0.1, 0.15) is 21.5 Å². The number of benzene rings is 2. The number of aliphatic hydroxyl groups excluding tert-OH is 1. The average Bonchev–Trinajstić information content (AvgIpc) is 2.83. The van der Waals surface area contributed by atoms with Crippen molar-refractivity contribution in [1.82, 2.24) is 9.78 Å². The lowest BCUT2D eigenvalue weighted by atomic mass is 10.1. The van der Waals surface area contributed by atoms with Gasteiger partial charge in [-0.3, -0.25) is 4.79 Å². The zero-order chi connectivity index (χ0) is 15.9. The highest BCUT2D eigenvalue weighted by Crippen LogP contribution is 2.26. The van der Waals surface area contributed by atoms with E-state index in [0.29, 0.717) is 16.1 Å². The van der Waals surface area contributed by atoms with Crippen molar-refractivity contribution in [1.29, 1.82) is 0 Å². The number of halogens is 2. The zero-order valence-electron chi connectivity index (χ0n) is 11.7. The summed E-state index contributed by atoms with van der Waals surface area (Å²) >= 11 is 8.28. The largest absolute Gasteiger partial charge is 0.392 e. The Bertz CT molecular complexity index is 869. The molecule has 112 valence electrons. The van der Waals surface area contributed by atoms with E-state index in [2.05, 4.69) is 27.7 Å². The first-order chi connectivity index (χ1) is 10.5. The van der Waals surface area contributed by atoms with Gasteiger partial charge < -0.3 is 5.11 Å². The van der Waals surface area contributed by atoms with Crippen molar-refractivity contribution in [2.24, 2.45) is 0 Å². The molecule has 0 saturated heterocycles. The van der Waals surface area contributed by atoms with Gasteiger partial charge in [-0.2, -0.15) is 9.78 Å². The highest BCUT2D eigenvalue weighted by atomic mass is 127. The fourth-order valence-electron chi connectivity index (χ4n) is 2.38. The first-order valence-corrected chi connectivity index (χ1v) is 8.06. The Labute approximate surface area is 145 Å². The van der Waals surface area contributed by atoms with Gasteiger partial charge in [-0.1, -0.05) is 29.8 Å². The Morgan fingerprint density at radius 1 is 1.36 bits per heavy atom. The van der Waals surface area contributed by atoms with Gasteiger partial charge in [-0.05, 0) is 58.8 Å². The van der Waals surface area contributed by atoms with Crippen LogP contribution in [0.15, 0.2) is 36.4 Å². The molecule has 0 spiro atoms. The number of fused-ring (bicyclic) bond motifs is 1. The van der Waals surface area contributed by atoms with E-state index in [1.807, 2.05) is 31.2 Å². The number of carbonyl (C=O) groups excluding carboxylic acids is 1. The van der Waals surface area contributed by atoms with Crippen molar-refractivity contribution in [3.63, 3.8) is 0 Å². The molecule has 0 saturated carbocycles. The van der Waals surface area contributed by atoms with Gasteiger partial charge in [0.25, 0.3) is 5.91 Å². The third-order valence-corrected chi connectivity index (χ3v) is 4.62.